The number of hydrogen-bond acceptors (Lipinski definition) is 4. The van der Waals surface area contributed by atoms with Crippen molar-refractivity contribution in [3.8, 4) is 5.75 Å². The number of nitrogens with zero attached hydrogens (tertiary/aromatic N) is 4. The highest BCUT2D eigenvalue weighted by atomic mass is 35.5. The molecule has 0 aliphatic rings. The summed E-state index contributed by atoms with van der Waals surface area (Å²) in [4.78, 5) is 28.7. The van der Waals surface area contributed by atoms with Gasteiger partial charge in [0.05, 0.1) is 32.6 Å². The smallest absolute Gasteiger partial charge is 0.332 e. The summed E-state index contributed by atoms with van der Waals surface area (Å²) in [7, 11) is 4.78. The number of ether oxygens (including phenoxy) is 1. The fourth-order valence-corrected chi connectivity index (χ4v) is 3.28. The van der Waals surface area contributed by atoms with Crippen LogP contribution in [-0.4, -0.2) is 38.4 Å². The minimum absolute atomic E-state index is 0. The van der Waals surface area contributed by atoms with Crippen molar-refractivity contribution >= 4 is 11.2 Å². The topological polar surface area (TPSA) is 87.7 Å². The number of methoxy groups -OCH3 is 1. The zero-order valence-corrected chi connectivity index (χ0v) is 17.3. The Bertz CT molecular complexity index is 1050. The van der Waals surface area contributed by atoms with E-state index in [-0.39, 0.29) is 23.7 Å². The first-order valence-corrected chi connectivity index (χ1v) is 8.99. The number of aromatic nitrogens is 4. The summed E-state index contributed by atoms with van der Waals surface area (Å²) >= 11 is 0. The van der Waals surface area contributed by atoms with Crippen molar-refractivity contribution in [2.45, 2.75) is 25.9 Å². The van der Waals surface area contributed by atoms with Crippen LogP contribution in [0.1, 0.15) is 12.5 Å². The van der Waals surface area contributed by atoms with E-state index in [0.717, 1.165) is 23.3 Å². The SMILES string of the molecule is COc1ccc(CC(C)[NH2+]CCn2cnc3c2c(=O)n(C)c(=O)n3C)cc1.[Cl-]. The standard InChI is InChI=1S/C19H25N5O3.ClH/c1-13(11-14-5-7-15(27-4)8-6-14)20-9-10-24-12-21-17-16(24)18(25)23(3)19(26)22(17)2;/h5-8,12-13,20H,9-11H2,1-4H3;1H. The molecule has 3 aromatic rings. The van der Waals surface area contributed by atoms with E-state index in [1.807, 2.05) is 16.7 Å². The van der Waals surface area contributed by atoms with Crippen molar-refractivity contribution in [3.05, 3.63) is 57.0 Å². The Morgan fingerprint density at radius 2 is 1.82 bits per heavy atom. The number of rotatable bonds is 7. The highest BCUT2D eigenvalue weighted by Crippen LogP contribution is 2.12. The van der Waals surface area contributed by atoms with E-state index in [9.17, 15) is 9.59 Å². The molecule has 0 radical (unpaired) electrons. The fraction of sp³-hybridized carbons (Fsp3) is 0.421. The van der Waals surface area contributed by atoms with Crippen molar-refractivity contribution in [2.75, 3.05) is 13.7 Å². The molecule has 2 N–H and O–H groups in total. The lowest BCUT2D eigenvalue weighted by Gasteiger charge is -2.12. The predicted octanol–water partition coefficient (Wildman–Crippen LogP) is -3.36. The first-order chi connectivity index (χ1) is 12.9. The van der Waals surface area contributed by atoms with E-state index in [0.29, 0.717) is 23.8 Å². The number of quaternary nitrogens is 1. The Hall–Kier alpha value is -2.58. The summed E-state index contributed by atoms with van der Waals surface area (Å²) in [5, 5.41) is 2.25. The maximum absolute atomic E-state index is 12.4. The van der Waals surface area contributed by atoms with Gasteiger partial charge >= 0.3 is 5.69 Å². The molecule has 0 bridgehead atoms. The molecule has 3 rings (SSSR count). The molecule has 0 saturated carbocycles. The van der Waals surface area contributed by atoms with Crippen LogP contribution in [-0.2, 0) is 27.1 Å². The Balaban J connectivity index is 0.00000280. The predicted molar refractivity (Wildman–Crippen MR) is 103 cm³/mol. The van der Waals surface area contributed by atoms with Crippen LogP contribution in [0.4, 0.5) is 0 Å². The van der Waals surface area contributed by atoms with Crippen LogP contribution in [0.25, 0.3) is 11.2 Å². The summed E-state index contributed by atoms with van der Waals surface area (Å²) in [5.74, 6) is 0.860. The molecule has 0 aliphatic heterocycles. The van der Waals surface area contributed by atoms with E-state index in [4.69, 9.17) is 4.74 Å². The average Bonchev–Trinajstić information content (AvgIpc) is 3.09. The Morgan fingerprint density at radius 1 is 1.14 bits per heavy atom. The average molecular weight is 408 g/mol. The van der Waals surface area contributed by atoms with E-state index < -0.39 is 0 Å². The van der Waals surface area contributed by atoms with Crippen molar-refractivity contribution in [3.63, 3.8) is 0 Å². The third kappa shape index (κ3) is 4.28. The lowest BCUT2D eigenvalue weighted by molar-refractivity contribution is -0.686. The maximum Gasteiger partial charge on any atom is 0.332 e. The minimum atomic E-state index is -0.363. The van der Waals surface area contributed by atoms with Crippen LogP contribution in [0.3, 0.4) is 0 Å². The van der Waals surface area contributed by atoms with Crippen molar-refractivity contribution < 1.29 is 22.5 Å². The second-order valence-corrected chi connectivity index (χ2v) is 6.87. The number of imidazole rings is 1. The Labute approximate surface area is 169 Å². The van der Waals surface area contributed by atoms with Crippen LogP contribution in [0.2, 0.25) is 0 Å². The summed E-state index contributed by atoms with van der Waals surface area (Å²) in [6.07, 6.45) is 2.58. The third-order valence-corrected chi connectivity index (χ3v) is 4.87. The molecule has 9 heteroatoms. The fourth-order valence-electron chi connectivity index (χ4n) is 3.28. The van der Waals surface area contributed by atoms with Gasteiger partial charge in [-0.05, 0) is 24.6 Å². The monoisotopic (exact) mass is 407 g/mol. The Morgan fingerprint density at radius 3 is 2.46 bits per heavy atom. The lowest BCUT2D eigenvalue weighted by Crippen LogP contribution is -3.00. The van der Waals surface area contributed by atoms with Crippen LogP contribution in [0.5, 0.6) is 5.75 Å². The largest absolute Gasteiger partial charge is 1.00 e. The summed E-state index contributed by atoms with van der Waals surface area (Å²) in [5.41, 5.74) is 1.48. The number of hydrogen-bond donors (Lipinski definition) is 1. The molecule has 28 heavy (non-hydrogen) atoms. The molecule has 1 atom stereocenters. The molecular formula is C19H26ClN5O3. The van der Waals surface area contributed by atoms with E-state index in [1.165, 1.54) is 17.2 Å². The zero-order valence-electron chi connectivity index (χ0n) is 16.6. The van der Waals surface area contributed by atoms with Gasteiger partial charge in [0.1, 0.15) is 5.75 Å². The number of nitrogens with two attached hydrogens (primary N) is 1. The number of halogens is 1. The van der Waals surface area contributed by atoms with Gasteiger partial charge in [-0.25, -0.2) is 9.78 Å². The van der Waals surface area contributed by atoms with Crippen LogP contribution in [0.15, 0.2) is 40.2 Å². The highest BCUT2D eigenvalue weighted by Gasteiger charge is 2.15. The molecule has 152 valence electrons. The van der Waals surface area contributed by atoms with Gasteiger partial charge in [-0.3, -0.25) is 13.9 Å². The normalized spacial score (nSPS) is 12.0. The highest BCUT2D eigenvalue weighted by molar-refractivity contribution is 5.69. The van der Waals surface area contributed by atoms with Gasteiger partial charge < -0.3 is 27.0 Å². The van der Waals surface area contributed by atoms with E-state index >= 15 is 0 Å². The van der Waals surface area contributed by atoms with Gasteiger partial charge in [-0.2, -0.15) is 0 Å². The molecule has 0 fully saturated rings. The zero-order chi connectivity index (χ0) is 19.6. The molecule has 1 aromatic carbocycles. The molecule has 0 spiro atoms. The van der Waals surface area contributed by atoms with Crippen molar-refractivity contribution in [2.24, 2.45) is 14.1 Å². The van der Waals surface area contributed by atoms with Gasteiger partial charge in [-0.1, -0.05) is 12.1 Å². The number of benzene rings is 1. The molecule has 1 unspecified atom stereocenters. The van der Waals surface area contributed by atoms with Gasteiger partial charge in [0, 0.05) is 20.5 Å². The summed E-state index contributed by atoms with van der Waals surface area (Å²) < 4.78 is 9.54. The summed E-state index contributed by atoms with van der Waals surface area (Å²) in [6.45, 7) is 3.64. The van der Waals surface area contributed by atoms with Crippen molar-refractivity contribution in [1.29, 1.82) is 0 Å². The van der Waals surface area contributed by atoms with Crippen LogP contribution < -0.4 is 33.7 Å². The van der Waals surface area contributed by atoms with E-state index in [2.05, 4.69) is 29.4 Å². The van der Waals surface area contributed by atoms with Gasteiger partial charge in [0.15, 0.2) is 11.2 Å². The quantitative estimate of drug-likeness (QED) is 0.443. The van der Waals surface area contributed by atoms with Gasteiger partial charge in [0.2, 0.25) is 0 Å². The van der Waals surface area contributed by atoms with Crippen molar-refractivity contribution in [1.82, 2.24) is 18.7 Å². The number of aryl methyl sites for hydroxylation is 1. The van der Waals surface area contributed by atoms with Gasteiger partial charge in [0.25, 0.3) is 5.56 Å². The molecule has 2 heterocycles. The second kappa shape index (κ2) is 9.07. The first-order valence-electron chi connectivity index (χ1n) is 8.99. The minimum Gasteiger partial charge on any atom is -1.00 e. The first kappa shape index (κ1) is 21.7. The van der Waals surface area contributed by atoms with Crippen LogP contribution >= 0.6 is 0 Å². The van der Waals surface area contributed by atoms with Crippen LogP contribution in [0, 0.1) is 0 Å². The lowest BCUT2D eigenvalue weighted by atomic mass is 10.1. The molecule has 0 aliphatic carbocycles. The Kier molecular flexibility index (Phi) is 7.04. The molecule has 2 aromatic heterocycles. The molecule has 8 nitrogen and oxygen atoms in total. The molecule has 0 amide bonds. The molecule has 0 saturated heterocycles. The molecular weight excluding hydrogens is 382 g/mol. The third-order valence-electron chi connectivity index (χ3n) is 4.87. The second-order valence-electron chi connectivity index (χ2n) is 6.87. The number of fused-ring (bicyclic) bond motifs is 1. The maximum atomic E-state index is 12.4. The summed E-state index contributed by atoms with van der Waals surface area (Å²) in [6, 6.07) is 8.51. The van der Waals surface area contributed by atoms with E-state index in [1.54, 1.807) is 20.5 Å². The van der Waals surface area contributed by atoms with Gasteiger partial charge in [-0.15, -0.1) is 0 Å².